The van der Waals surface area contributed by atoms with Crippen molar-refractivity contribution in [3.63, 3.8) is 0 Å². The molecule has 3 heterocycles. The Labute approximate surface area is 195 Å². The van der Waals surface area contributed by atoms with E-state index in [1.54, 1.807) is 24.3 Å². The van der Waals surface area contributed by atoms with E-state index in [9.17, 15) is 14.4 Å². The molecule has 3 aliphatic heterocycles. The molecule has 0 aromatic heterocycles. The smallest absolute Gasteiger partial charge is 0.250 e. The summed E-state index contributed by atoms with van der Waals surface area (Å²) in [6.45, 7) is 0. The molecule has 0 radical (unpaired) electrons. The first-order chi connectivity index (χ1) is 16.0. The Balaban J connectivity index is 1.49. The van der Waals surface area contributed by atoms with Gasteiger partial charge in [0.05, 0.1) is 17.5 Å². The third-order valence-electron chi connectivity index (χ3n) is 7.01. The number of imide groups is 1. The molecule has 0 bridgehead atoms. The van der Waals surface area contributed by atoms with E-state index in [1.165, 1.54) is 4.90 Å². The van der Waals surface area contributed by atoms with Crippen molar-refractivity contribution in [1.82, 2.24) is 5.32 Å². The van der Waals surface area contributed by atoms with Crippen molar-refractivity contribution >= 4 is 40.7 Å². The van der Waals surface area contributed by atoms with Gasteiger partial charge in [-0.3, -0.25) is 19.7 Å². The Morgan fingerprint density at radius 3 is 2.30 bits per heavy atom. The highest BCUT2D eigenvalue weighted by Gasteiger charge is 2.70. The minimum absolute atomic E-state index is 0.296. The van der Waals surface area contributed by atoms with Crippen LogP contribution in [0, 0.1) is 11.8 Å². The summed E-state index contributed by atoms with van der Waals surface area (Å²) in [5.74, 6) is -2.49. The molecule has 6 nitrogen and oxygen atoms in total. The molecule has 0 unspecified atom stereocenters. The summed E-state index contributed by atoms with van der Waals surface area (Å²) in [6, 6.07) is 23.4. The number of hydrogen-bond donors (Lipinski definition) is 2. The fraction of sp³-hybridized carbons (Fsp3) is 0.192. The Hall–Kier alpha value is -3.48. The molecule has 1 spiro atoms. The predicted molar refractivity (Wildman–Crippen MR) is 125 cm³/mol. The van der Waals surface area contributed by atoms with Gasteiger partial charge in [0.25, 0.3) is 0 Å². The van der Waals surface area contributed by atoms with Crippen molar-refractivity contribution in [2.45, 2.75) is 18.0 Å². The van der Waals surface area contributed by atoms with Crippen molar-refractivity contribution in [3.8, 4) is 0 Å². The Morgan fingerprint density at radius 2 is 1.55 bits per heavy atom. The van der Waals surface area contributed by atoms with Crippen LogP contribution in [-0.2, 0) is 26.3 Å². The number of carbonyl (C=O) groups is 3. The van der Waals surface area contributed by atoms with E-state index in [2.05, 4.69) is 10.6 Å². The van der Waals surface area contributed by atoms with E-state index < -0.39 is 17.4 Å². The summed E-state index contributed by atoms with van der Waals surface area (Å²) in [6.07, 6.45) is 0.521. The van der Waals surface area contributed by atoms with Gasteiger partial charge in [-0.15, -0.1) is 0 Å². The summed E-state index contributed by atoms with van der Waals surface area (Å²) in [4.78, 5) is 42.3. The van der Waals surface area contributed by atoms with Gasteiger partial charge in [-0.2, -0.15) is 0 Å². The lowest BCUT2D eigenvalue weighted by atomic mass is 9.76. The van der Waals surface area contributed by atoms with Crippen LogP contribution < -0.4 is 15.5 Å². The number of para-hydroxylation sites is 1. The molecule has 3 aliphatic rings. The first-order valence-corrected chi connectivity index (χ1v) is 11.2. The van der Waals surface area contributed by atoms with Gasteiger partial charge in [0.15, 0.2) is 0 Å². The van der Waals surface area contributed by atoms with Crippen LogP contribution in [0.1, 0.15) is 11.1 Å². The molecule has 7 heteroatoms. The molecule has 33 heavy (non-hydrogen) atoms. The second-order valence-electron chi connectivity index (χ2n) is 8.74. The quantitative estimate of drug-likeness (QED) is 0.590. The summed E-state index contributed by atoms with van der Waals surface area (Å²) < 4.78 is 0. The maximum absolute atomic E-state index is 13.8. The fourth-order valence-corrected chi connectivity index (χ4v) is 5.77. The molecule has 2 fully saturated rings. The molecule has 164 valence electrons. The number of nitrogens with zero attached hydrogens (tertiary/aromatic N) is 1. The van der Waals surface area contributed by atoms with Crippen molar-refractivity contribution in [3.05, 3.63) is 95.0 Å². The van der Waals surface area contributed by atoms with Gasteiger partial charge in [0, 0.05) is 22.3 Å². The van der Waals surface area contributed by atoms with Crippen LogP contribution >= 0.6 is 11.6 Å². The van der Waals surface area contributed by atoms with Crippen molar-refractivity contribution < 1.29 is 14.4 Å². The van der Waals surface area contributed by atoms with Crippen molar-refractivity contribution in [1.29, 1.82) is 0 Å². The summed E-state index contributed by atoms with van der Waals surface area (Å²) in [7, 11) is 0. The van der Waals surface area contributed by atoms with E-state index in [-0.39, 0.29) is 23.8 Å². The topological polar surface area (TPSA) is 78.5 Å². The number of anilines is 2. The van der Waals surface area contributed by atoms with Gasteiger partial charge in [-0.1, -0.05) is 60.1 Å². The standard InChI is InChI=1S/C26H20ClN3O3/c27-16-10-12-17(13-11-16)30-23(31)21-20(14-15-6-2-1-3-7-15)29-26(22(21)24(30)32)18-8-4-5-9-19(18)28-25(26)33/h1-13,20-22,29H,14H2,(H,28,33)/t20-,21+,22-,26+/m0/s1. The van der Waals surface area contributed by atoms with Gasteiger partial charge in [-0.25, -0.2) is 4.90 Å². The molecule has 0 saturated carbocycles. The van der Waals surface area contributed by atoms with E-state index >= 15 is 0 Å². The third kappa shape index (κ3) is 2.81. The lowest BCUT2D eigenvalue weighted by Crippen LogP contribution is -2.53. The lowest BCUT2D eigenvalue weighted by molar-refractivity contribution is -0.130. The molecular formula is C26H20ClN3O3. The first-order valence-electron chi connectivity index (χ1n) is 10.9. The second kappa shape index (κ2) is 7.27. The summed E-state index contributed by atoms with van der Waals surface area (Å²) in [5, 5.41) is 6.90. The van der Waals surface area contributed by atoms with Crippen LogP contribution in [-0.4, -0.2) is 23.8 Å². The van der Waals surface area contributed by atoms with Crippen LogP contribution in [0.25, 0.3) is 0 Å². The highest BCUT2D eigenvalue weighted by atomic mass is 35.5. The van der Waals surface area contributed by atoms with E-state index in [0.29, 0.717) is 28.4 Å². The monoisotopic (exact) mass is 457 g/mol. The highest BCUT2D eigenvalue weighted by molar-refractivity contribution is 6.31. The zero-order valence-corrected chi connectivity index (χ0v) is 18.3. The molecule has 0 aliphatic carbocycles. The van der Waals surface area contributed by atoms with Crippen LogP contribution in [0.5, 0.6) is 0 Å². The van der Waals surface area contributed by atoms with Gasteiger partial charge < -0.3 is 5.32 Å². The molecule has 2 saturated heterocycles. The molecule has 3 aromatic rings. The van der Waals surface area contributed by atoms with Crippen molar-refractivity contribution in [2.24, 2.45) is 11.8 Å². The van der Waals surface area contributed by atoms with Gasteiger partial charge in [0.1, 0.15) is 5.54 Å². The Kier molecular flexibility index (Phi) is 4.44. The zero-order chi connectivity index (χ0) is 22.7. The van der Waals surface area contributed by atoms with Gasteiger partial charge in [-0.05, 0) is 42.3 Å². The number of amides is 3. The van der Waals surface area contributed by atoms with Crippen LogP contribution in [0.4, 0.5) is 11.4 Å². The molecule has 2 N–H and O–H groups in total. The first kappa shape index (κ1) is 20.1. The Bertz CT molecular complexity index is 1290. The number of rotatable bonds is 3. The zero-order valence-electron chi connectivity index (χ0n) is 17.5. The molecule has 3 aromatic carbocycles. The average molecular weight is 458 g/mol. The maximum atomic E-state index is 13.8. The third-order valence-corrected chi connectivity index (χ3v) is 7.26. The normalized spacial score (nSPS) is 27.7. The minimum Gasteiger partial charge on any atom is -0.324 e. The minimum atomic E-state index is -1.30. The van der Waals surface area contributed by atoms with Crippen LogP contribution in [0.2, 0.25) is 5.02 Å². The number of fused-ring (bicyclic) bond motifs is 4. The molecule has 4 atom stereocenters. The molecule has 6 rings (SSSR count). The largest absolute Gasteiger partial charge is 0.324 e. The number of nitrogens with one attached hydrogen (secondary N) is 2. The summed E-state index contributed by atoms with van der Waals surface area (Å²) in [5.41, 5.74) is 1.57. The van der Waals surface area contributed by atoms with Crippen LogP contribution in [0.15, 0.2) is 78.9 Å². The maximum Gasteiger partial charge on any atom is 0.250 e. The Morgan fingerprint density at radius 1 is 0.848 bits per heavy atom. The average Bonchev–Trinajstić information content (AvgIpc) is 3.40. The SMILES string of the molecule is O=C1[C@@H]2[C@H](Cc3ccccc3)N[C@@]3(C(=O)Nc4ccccc43)[C@@H]2C(=O)N1c1ccc(Cl)cc1. The number of halogens is 1. The van der Waals surface area contributed by atoms with Crippen molar-refractivity contribution in [2.75, 3.05) is 10.2 Å². The van der Waals surface area contributed by atoms with Gasteiger partial charge in [0.2, 0.25) is 17.7 Å². The molecule has 3 amide bonds. The van der Waals surface area contributed by atoms with Crippen LogP contribution in [0.3, 0.4) is 0 Å². The number of benzene rings is 3. The fourth-order valence-electron chi connectivity index (χ4n) is 5.65. The predicted octanol–water partition coefficient (Wildman–Crippen LogP) is 3.51. The summed E-state index contributed by atoms with van der Waals surface area (Å²) >= 11 is 6.02. The second-order valence-corrected chi connectivity index (χ2v) is 9.18. The number of carbonyl (C=O) groups excluding carboxylic acids is 3. The molecular weight excluding hydrogens is 438 g/mol. The van der Waals surface area contributed by atoms with E-state index in [1.807, 2.05) is 54.6 Å². The lowest BCUT2D eigenvalue weighted by Gasteiger charge is -2.29. The van der Waals surface area contributed by atoms with Gasteiger partial charge >= 0.3 is 0 Å². The van der Waals surface area contributed by atoms with E-state index in [4.69, 9.17) is 11.6 Å². The van der Waals surface area contributed by atoms with E-state index in [0.717, 1.165) is 5.56 Å². The highest BCUT2D eigenvalue weighted by Crippen LogP contribution is 2.53. The number of hydrogen-bond acceptors (Lipinski definition) is 4.